The fraction of sp³-hybridized carbons (Fsp3) is 0.438. The van der Waals surface area contributed by atoms with Crippen LogP contribution in [-0.4, -0.2) is 36.2 Å². The van der Waals surface area contributed by atoms with Crippen molar-refractivity contribution in [3.8, 4) is 5.75 Å². The predicted octanol–water partition coefficient (Wildman–Crippen LogP) is 2.65. The van der Waals surface area contributed by atoms with E-state index in [0.717, 1.165) is 38.6 Å². The van der Waals surface area contributed by atoms with E-state index in [0.29, 0.717) is 5.89 Å². The average molecular weight is 288 g/mol. The summed E-state index contributed by atoms with van der Waals surface area (Å²) >= 11 is 0. The van der Waals surface area contributed by atoms with Crippen molar-refractivity contribution in [3.05, 3.63) is 48.2 Å². The maximum atomic E-state index is 5.81. The van der Waals surface area contributed by atoms with E-state index < -0.39 is 0 Å². The van der Waals surface area contributed by atoms with Crippen molar-refractivity contribution < 1.29 is 13.9 Å². The highest BCUT2D eigenvalue weighted by Gasteiger charge is 2.13. The molecule has 0 N–H and O–H groups in total. The zero-order valence-corrected chi connectivity index (χ0v) is 12.2. The van der Waals surface area contributed by atoms with E-state index in [9.17, 15) is 0 Å². The Labute approximate surface area is 124 Å². The van der Waals surface area contributed by atoms with Crippen molar-refractivity contribution in [1.82, 2.24) is 9.88 Å². The van der Waals surface area contributed by atoms with E-state index in [1.165, 1.54) is 5.56 Å². The molecule has 0 saturated carbocycles. The number of morpholine rings is 1. The summed E-state index contributed by atoms with van der Waals surface area (Å²) in [5.74, 6) is 1.42. The van der Waals surface area contributed by atoms with E-state index in [1.54, 1.807) is 12.5 Å². The molecular weight excluding hydrogens is 268 g/mol. The number of hydrogen-bond acceptors (Lipinski definition) is 5. The molecule has 0 spiro atoms. The van der Waals surface area contributed by atoms with Crippen LogP contribution in [0.25, 0.3) is 0 Å². The standard InChI is InChI=1S/C16H20N2O3/c1-13(16-17-6-9-20-16)21-15-4-2-14(3-5-15)12-18-7-10-19-11-8-18/h2-6,9,13H,7-8,10-12H2,1H3. The first-order valence-corrected chi connectivity index (χ1v) is 7.26. The van der Waals surface area contributed by atoms with Crippen LogP contribution < -0.4 is 4.74 Å². The predicted molar refractivity (Wildman–Crippen MR) is 78.1 cm³/mol. The number of oxazole rings is 1. The van der Waals surface area contributed by atoms with Crippen molar-refractivity contribution in [1.29, 1.82) is 0 Å². The molecule has 112 valence electrons. The van der Waals surface area contributed by atoms with Gasteiger partial charge in [0.15, 0.2) is 6.10 Å². The van der Waals surface area contributed by atoms with E-state index >= 15 is 0 Å². The van der Waals surface area contributed by atoms with Gasteiger partial charge in [0.2, 0.25) is 5.89 Å². The van der Waals surface area contributed by atoms with Crippen molar-refractivity contribution in [2.24, 2.45) is 0 Å². The van der Waals surface area contributed by atoms with Gasteiger partial charge in [0.1, 0.15) is 12.0 Å². The van der Waals surface area contributed by atoms with E-state index in [4.69, 9.17) is 13.9 Å². The van der Waals surface area contributed by atoms with Crippen molar-refractivity contribution in [2.75, 3.05) is 26.3 Å². The fourth-order valence-electron chi connectivity index (χ4n) is 2.38. The highest BCUT2D eigenvalue weighted by molar-refractivity contribution is 5.27. The highest BCUT2D eigenvalue weighted by Crippen LogP contribution is 2.21. The number of ether oxygens (including phenoxy) is 2. The molecule has 3 rings (SSSR count). The van der Waals surface area contributed by atoms with Crippen LogP contribution in [0.3, 0.4) is 0 Å². The molecule has 21 heavy (non-hydrogen) atoms. The third-order valence-electron chi connectivity index (χ3n) is 3.55. The molecule has 2 aromatic rings. The topological polar surface area (TPSA) is 47.7 Å². The summed E-state index contributed by atoms with van der Waals surface area (Å²) in [6.45, 7) is 6.54. The van der Waals surface area contributed by atoms with E-state index in [1.807, 2.05) is 19.1 Å². The molecule has 0 radical (unpaired) electrons. The van der Waals surface area contributed by atoms with Gasteiger partial charge in [0.05, 0.1) is 19.4 Å². The summed E-state index contributed by atoms with van der Waals surface area (Å²) in [5, 5.41) is 0. The molecule has 1 saturated heterocycles. The SMILES string of the molecule is CC(Oc1ccc(CN2CCOCC2)cc1)c1ncco1. The average Bonchev–Trinajstić information content (AvgIpc) is 3.05. The molecule has 1 aliphatic rings. The zero-order valence-electron chi connectivity index (χ0n) is 12.2. The van der Waals surface area contributed by atoms with Crippen molar-refractivity contribution >= 4 is 0 Å². The second-order valence-electron chi connectivity index (χ2n) is 5.16. The van der Waals surface area contributed by atoms with Crippen LogP contribution in [0.15, 0.2) is 41.1 Å². The number of benzene rings is 1. The van der Waals surface area contributed by atoms with Gasteiger partial charge in [-0.3, -0.25) is 4.90 Å². The highest BCUT2D eigenvalue weighted by atomic mass is 16.5. The molecule has 1 aliphatic heterocycles. The van der Waals surface area contributed by atoms with Gasteiger partial charge in [-0.05, 0) is 24.6 Å². The summed E-state index contributed by atoms with van der Waals surface area (Å²) in [6.07, 6.45) is 2.99. The lowest BCUT2D eigenvalue weighted by molar-refractivity contribution is 0.0342. The largest absolute Gasteiger partial charge is 0.481 e. The first kappa shape index (κ1) is 14.1. The minimum atomic E-state index is -0.190. The van der Waals surface area contributed by atoms with Gasteiger partial charge in [0, 0.05) is 19.6 Å². The molecule has 0 amide bonds. The Morgan fingerprint density at radius 2 is 2.00 bits per heavy atom. The van der Waals surface area contributed by atoms with Crippen molar-refractivity contribution in [3.63, 3.8) is 0 Å². The van der Waals surface area contributed by atoms with Crippen LogP contribution in [0.1, 0.15) is 24.5 Å². The summed E-state index contributed by atoms with van der Waals surface area (Å²) in [7, 11) is 0. The Morgan fingerprint density at radius 3 is 2.67 bits per heavy atom. The van der Waals surface area contributed by atoms with Crippen molar-refractivity contribution in [2.45, 2.75) is 19.6 Å². The Bertz CT molecular complexity index is 533. The lowest BCUT2D eigenvalue weighted by atomic mass is 10.2. The number of rotatable bonds is 5. The molecule has 1 unspecified atom stereocenters. The second-order valence-corrected chi connectivity index (χ2v) is 5.16. The fourth-order valence-corrected chi connectivity index (χ4v) is 2.38. The molecule has 1 aromatic heterocycles. The van der Waals surface area contributed by atoms with Crippen LogP contribution in [0.2, 0.25) is 0 Å². The van der Waals surface area contributed by atoms with Gasteiger partial charge in [-0.2, -0.15) is 0 Å². The lowest BCUT2D eigenvalue weighted by Gasteiger charge is -2.26. The van der Waals surface area contributed by atoms with Crippen LogP contribution >= 0.6 is 0 Å². The summed E-state index contributed by atoms with van der Waals surface area (Å²) in [4.78, 5) is 6.49. The van der Waals surface area contributed by atoms with Gasteiger partial charge in [-0.1, -0.05) is 12.1 Å². The molecule has 1 atom stereocenters. The normalized spacial score (nSPS) is 17.6. The smallest absolute Gasteiger partial charge is 0.235 e. The quantitative estimate of drug-likeness (QED) is 0.846. The number of nitrogens with zero attached hydrogens (tertiary/aromatic N) is 2. The van der Waals surface area contributed by atoms with Gasteiger partial charge >= 0.3 is 0 Å². The van der Waals surface area contributed by atoms with Gasteiger partial charge < -0.3 is 13.9 Å². The molecule has 0 aliphatic carbocycles. The molecule has 1 aromatic carbocycles. The van der Waals surface area contributed by atoms with Gasteiger partial charge in [0.25, 0.3) is 0 Å². The van der Waals surface area contributed by atoms with Crippen LogP contribution in [0, 0.1) is 0 Å². The Morgan fingerprint density at radius 1 is 1.24 bits per heavy atom. The Balaban J connectivity index is 1.56. The Kier molecular flexibility index (Phi) is 4.52. The number of hydrogen-bond donors (Lipinski definition) is 0. The summed E-state index contributed by atoms with van der Waals surface area (Å²) in [6, 6.07) is 8.20. The maximum Gasteiger partial charge on any atom is 0.235 e. The van der Waals surface area contributed by atoms with E-state index in [2.05, 4.69) is 22.0 Å². The third kappa shape index (κ3) is 3.83. The summed E-state index contributed by atoms with van der Waals surface area (Å²) < 4.78 is 16.4. The molecular formula is C16H20N2O3. The van der Waals surface area contributed by atoms with Crippen LogP contribution in [0.5, 0.6) is 5.75 Å². The molecule has 1 fully saturated rings. The number of aromatic nitrogens is 1. The minimum Gasteiger partial charge on any atom is -0.481 e. The zero-order chi connectivity index (χ0) is 14.5. The maximum absolute atomic E-state index is 5.81. The first-order valence-electron chi connectivity index (χ1n) is 7.26. The van der Waals surface area contributed by atoms with Crippen LogP contribution in [-0.2, 0) is 11.3 Å². The lowest BCUT2D eigenvalue weighted by Crippen LogP contribution is -2.35. The van der Waals surface area contributed by atoms with Crippen LogP contribution in [0.4, 0.5) is 0 Å². The monoisotopic (exact) mass is 288 g/mol. The summed E-state index contributed by atoms with van der Waals surface area (Å²) in [5.41, 5.74) is 1.29. The first-order chi connectivity index (χ1) is 10.3. The molecule has 2 heterocycles. The molecule has 5 nitrogen and oxygen atoms in total. The van der Waals surface area contributed by atoms with Gasteiger partial charge in [-0.25, -0.2) is 4.98 Å². The Hall–Kier alpha value is -1.85. The molecule has 5 heteroatoms. The molecule has 0 bridgehead atoms. The minimum absolute atomic E-state index is 0.190. The third-order valence-corrected chi connectivity index (χ3v) is 3.55. The van der Waals surface area contributed by atoms with Gasteiger partial charge in [-0.15, -0.1) is 0 Å². The second kappa shape index (κ2) is 6.74. The van der Waals surface area contributed by atoms with E-state index in [-0.39, 0.29) is 6.10 Å².